The topological polar surface area (TPSA) is 18.5 Å². The molecule has 0 amide bonds. The normalized spacial score (nSPS) is 15.4. The lowest BCUT2D eigenvalue weighted by molar-refractivity contribution is 0.250. The van der Waals surface area contributed by atoms with Gasteiger partial charge < -0.3 is 9.47 Å². The maximum absolute atomic E-state index is 6.28. The molecule has 0 bridgehead atoms. The standard InChI is InChI=1S/C44H36P2.C38H36O2P2.C38H36P2.6C2H6/c1-5-19-35(20-6-1)45(36-21-7-2-8-22-36)41-31-29-33-17-13-15-27-39(33)43(41)44-40-28-16-14-18-34(40)30-32-42(44)46(37-23-9-3-10-24-37)38-25-11-4-12-26-38;1-39-33-25-15-27-35(41(29-17-7-3-8-18-29)30-19-9-4-10-20-30)37(33)38-34(40-2)26-16-28-36(38)42(31-21-11-5-12-22-31)32-23-13-6-14-24-32;1-29-17-15-27-35(39(31-19-7-3-8-20-31)32-21-9-4-10-22-32)37(29)38-30(2)18-16-28-36(38)40(33-23-11-5-12-24-33)34-25-13-6-14-26-34;6*1-2/h1-29,31,42,44H,30,32H2;3-15,17-27,36,38H,16,28H2,1-2H3;3-15,17-27,36,38H,16,28H2,1-2H3;6*1-2H3/t42-,44-;36-,38-;36-,38+;;;;;;/m001....../s1. The minimum atomic E-state index is -0.840. The van der Waals surface area contributed by atoms with Gasteiger partial charge >= 0.3 is 0 Å². The molecule has 0 saturated heterocycles. The molecule has 0 heterocycles. The summed E-state index contributed by atoms with van der Waals surface area (Å²) in [7, 11) is -0.567. The highest BCUT2D eigenvalue weighted by Crippen LogP contribution is 2.59. The summed E-state index contributed by atoms with van der Waals surface area (Å²) < 4.78 is 12.5. The molecule has 0 spiro atoms. The van der Waals surface area contributed by atoms with E-state index in [1.165, 1.54) is 130 Å². The van der Waals surface area contributed by atoms with Crippen molar-refractivity contribution in [3.8, 4) is 5.75 Å². The van der Waals surface area contributed by atoms with Crippen molar-refractivity contribution in [3.05, 3.63) is 518 Å². The average molecular weight is 1950 g/mol. The minimum absolute atomic E-state index is 0.0545. The zero-order valence-corrected chi connectivity index (χ0v) is 90.6. The van der Waals surface area contributed by atoms with Crippen LogP contribution in [0, 0.1) is 6.92 Å². The predicted octanol–water partition coefficient (Wildman–Crippen LogP) is 30.8. The summed E-state index contributed by atoms with van der Waals surface area (Å²) in [6.07, 6.45) is 11.6. The Bertz CT molecular complexity index is 6240. The van der Waals surface area contributed by atoms with E-state index in [2.05, 4.69) is 487 Å². The molecule has 140 heavy (non-hydrogen) atoms. The second-order valence-corrected chi connectivity index (χ2v) is 46.9. The van der Waals surface area contributed by atoms with E-state index in [4.69, 9.17) is 9.47 Å². The van der Waals surface area contributed by atoms with Crippen LogP contribution >= 0.6 is 47.5 Å². The number of hydrogen-bond donors (Lipinski definition) is 0. The van der Waals surface area contributed by atoms with Gasteiger partial charge in [-0.15, -0.1) is 0 Å². The van der Waals surface area contributed by atoms with E-state index >= 15 is 0 Å². The lowest BCUT2D eigenvalue weighted by Crippen LogP contribution is -2.35. The monoisotopic (exact) mass is 1950 g/mol. The number of aryl methyl sites for hydroxylation is 2. The number of allylic oxidation sites excluding steroid dienone is 4. The van der Waals surface area contributed by atoms with Crippen LogP contribution < -0.4 is 84.3 Å². The van der Waals surface area contributed by atoms with Crippen molar-refractivity contribution in [2.24, 2.45) is 0 Å². The molecule has 0 unspecified atom stereocenters. The Balaban J connectivity index is 0.000000179. The van der Waals surface area contributed by atoms with Crippen LogP contribution in [0.3, 0.4) is 0 Å². The SMILES string of the molecule is CC.CC.CC.CC.CC.CC.CC1=CCC[C@@H](P(c2ccccc2)c2ccccc2)[C@H]1c1c(C)cccc1P(c1ccccc1)c1ccccc1.COC1=CCC[C@H](P(c2ccccc2)c2ccccc2)[C@H]1c1c(OC)cccc1P(c1ccccc1)c1ccccc1.c1ccc(P(c2ccccc2)c2ccc3ccccc3c2[C@H]2c3ccccc3CC[C@@H]2P(c2ccccc2)c2ccccc2)cc1. The van der Waals surface area contributed by atoms with Crippen LogP contribution in [-0.4, -0.2) is 31.2 Å². The molecule has 2 nitrogen and oxygen atoms in total. The third-order valence-corrected chi connectivity index (χ3v) is 41.8. The van der Waals surface area contributed by atoms with Crippen LogP contribution in [0.15, 0.2) is 485 Å². The highest BCUT2D eigenvalue weighted by atomic mass is 31.1. The van der Waals surface area contributed by atoms with Gasteiger partial charge in [0.2, 0.25) is 0 Å². The Kier molecular flexibility index (Phi) is 44.2. The summed E-state index contributed by atoms with van der Waals surface area (Å²) >= 11 is 0. The van der Waals surface area contributed by atoms with Crippen molar-refractivity contribution in [1.82, 2.24) is 0 Å². The van der Waals surface area contributed by atoms with Crippen LogP contribution in [0.2, 0.25) is 0 Å². The summed E-state index contributed by atoms with van der Waals surface area (Å²) in [5.74, 6) is 2.68. The molecule has 0 aliphatic heterocycles. The third-order valence-electron chi connectivity index (χ3n) is 25.5. The van der Waals surface area contributed by atoms with Crippen molar-refractivity contribution < 1.29 is 9.47 Å². The van der Waals surface area contributed by atoms with E-state index in [0.717, 1.165) is 43.6 Å². The van der Waals surface area contributed by atoms with Crippen molar-refractivity contribution in [3.63, 3.8) is 0 Å². The summed E-state index contributed by atoms with van der Waals surface area (Å²) in [5.41, 5.74) is 11.6. The maximum atomic E-state index is 6.28. The van der Waals surface area contributed by atoms with Crippen LogP contribution in [0.25, 0.3) is 10.8 Å². The molecule has 6 atom stereocenters. The fourth-order valence-electron chi connectivity index (χ4n) is 20.0. The van der Waals surface area contributed by atoms with Gasteiger partial charge in [0.15, 0.2) is 0 Å². The van der Waals surface area contributed by atoms with E-state index in [1.807, 2.05) is 90.2 Å². The molecule has 0 aromatic heterocycles. The number of fused-ring (bicyclic) bond motifs is 2. The molecule has 17 aromatic carbocycles. The summed E-state index contributed by atoms with van der Waals surface area (Å²) in [4.78, 5) is 0. The van der Waals surface area contributed by atoms with Crippen LogP contribution in [0.1, 0.15) is 173 Å². The number of methoxy groups -OCH3 is 2. The van der Waals surface area contributed by atoms with Crippen molar-refractivity contribution in [1.29, 1.82) is 0 Å². The van der Waals surface area contributed by atoms with Gasteiger partial charge in [0, 0.05) is 23.1 Å². The lowest BCUT2D eigenvalue weighted by Gasteiger charge is -2.41. The molecule has 3 aliphatic rings. The maximum Gasteiger partial charge on any atom is 0.123 e. The molecular weight excluding hydrogens is 1800 g/mol. The fourth-order valence-corrected chi connectivity index (χ4v) is 36.9. The van der Waals surface area contributed by atoms with E-state index in [-0.39, 0.29) is 11.8 Å². The predicted molar refractivity (Wildman–Crippen MR) is 630 cm³/mol. The molecule has 3 aliphatic carbocycles. The number of ether oxygens (including phenoxy) is 2. The van der Waals surface area contributed by atoms with E-state index in [0.29, 0.717) is 22.9 Å². The van der Waals surface area contributed by atoms with Crippen molar-refractivity contribution >= 4 is 138 Å². The Morgan fingerprint density at radius 3 is 0.879 bits per heavy atom. The Morgan fingerprint density at radius 1 is 0.229 bits per heavy atom. The fraction of sp³-hybridized carbons (Fsp3) is 0.212. The van der Waals surface area contributed by atoms with E-state index in [1.54, 1.807) is 12.7 Å². The number of rotatable bonds is 23. The highest BCUT2D eigenvalue weighted by Gasteiger charge is 2.44. The van der Waals surface area contributed by atoms with Crippen LogP contribution in [0.5, 0.6) is 5.75 Å². The van der Waals surface area contributed by atoms with Gasteiger partial charge in [-0.05, 0) is 242 Å². The molecule has 20 rings (SSSR count). The molecule has 8 heteroatoms. The van der Waals surface area contributed by atoms with Gasteiger partial charge in [0.05, 0.1) is 25.9 Å². The summed E-state index contributed by atoms with van der Waals surface area (Å²) in [5, 5.41) is 24.0. The Labute approximate surface area is 849 Å². The van der Waals surface area contributed by atoms with E-state index in [9.17, 15) is 0 Å². The van der Waals surface area contributed by atoms with Gasteiger partial charge in [-0.25, -0.2) is 0 Å². The molecular formula is C132H144O2P6. The smallest absolute Gasteiger partial charge is 0.123 e. The van der Waals surface area contributed by atoms with Crippen LogP contribution in [0.4, 0.5) is 0 Å². The van der Waals surface area contributed by atoms with Gasteiger partial charge in [-0.1, -0.05) is 550 Å². The van der Waals surface area contributed by atoms with E-state index < -0.39 is 47.5 Å². The molecule has 17 aromatic rings. The second kappa shape index (κ2) is 57.5. The van der Waals surface area contributed by atoms with Gasteiger partial charge in [-0.3, -0.25) is 0 Å². The summed E-state index contributed by atoms with van der Waals surface area (Å²) in [6.45, 7) is 28.7. The zero-order chi connectivity index (χ0) is 98.8. The first-order valence-electron chi connectivity index (χ1n) is 51.0. The quantitative estimate of drug-likeness (QED) is 0.0469. The van der Waals surface area contributed by atoms with Crippen molar-refractivity contribution in [2.75, 3.05) is 14.2 Å². The van der Waals surface area contributed by atoms with Gasteiger partial charge in [0.25, 0.3) is 0 Å². The molecule has 0 N–H and O–H groups in total. The number of benzene rings is 17. The van der Waals surface area contributed by atoms with Crippen molar-refractivity contribution in [2.45, 2.75) is 170 Å². The Hall–Kier alpha value is -11.3. The second-order valence-electron chi connectivity index (χ2n) is 33.0. The van der Waals surface area contributed by atoms with Crippen LogP contribution in [-0.2, 0) is 11.2 Å². The molecule has 0 fully saturated rings. The first-order valence-corrected chi connectivity index (χ1v) is 59.3. The summed E-state index contributed by atoms with van der Waals surface area (Å²) in [6, 6.07) is 171. The number of hydrogen-bond acceptors (Lipinski definition) is 2. The average Bonchev–Trinajstić information content (AvgIpc) is 0.728. The largest absolute Gasteiger partial charge is 0.501 e. The highest BCUT2D eigenvalue weighted by molar-refractivity contribution is 7.81. The first-order chi connectivity index (χ1) is 69.4. The molecule has 714 valence electrons. The molecule has 0 saturated carbocycles. The zero-order valence-electron chi connectivity index (χ0n) is 85.2. The first kappa shape index (κ1) is 108. The third kappa shape index (κ3) is 26.1. The minimum Gasteiger partial charge on any atom is -0.501 e. The van der Waals surface area contributed by atoms with Gasteiger partial charge in [-0.2, -0.15) is 0 Å². The van der Waals surface area contributed by atoms with Gasteiger partial charge in [0.1, 0.15) is 5.75 Å². The molecule has 0 radical (unpaired) electrons. The lowest BCUT2D eigenvalue weighted by atomic mass is 9.77. The Morgan fingerprint density at radius 2 is 0.521 bits per heavy atom.